The van der Waals surface area contributed by atoms with Gasteiger partial charge in [0, 0.05) is 35.3 Å². The molecule has 30 heavy (non-hydrogen) atoms. The molecule has 1 saturated carbocycles. The molecule has 5 rings (SSSR count). The fraction of sp³-hybridized carbons (Fsp3) is 0.478. The molecule has 1 fully saturated rings. The molecule has 0 saturated heterocycles. The van der Waals surface area contributed by atoms with Crippen LogP contribution in [0, 0.1) is 0 Å². The largest absolute Gasteiger partial charge is 0.388 e. The third-order valence-electron chi connectivity index (χ3n) is 6.42. The van der Waals surface area contributed by atoms with E-state index in [-0.39, 0.29) is 5.91 Å². The van der Waals surface area contributed by atoms with Gasteiger partial charge in [0.15, 0.2) is 5.13 Å². The molecule has 6 nitrogen and oxygen atoms in total. The number of aromatic nitrogens is 2. The number of thiazole rings is 1. The van der Waals surface area contributed by atoms with Crippen LogP contribution < -0.4 is 5.32 Å². The van der Waals surface area contributed by atoms with Gasteiger partial charge in [-0.3, -0.25) is 4.79 Å². The summed E-state index contributed by atoms with van der Waals surface area (Å²) >= 11 is 1.60. The molecule has 3 aromatic rings. The molecule has 1 aliphatic heterocycles. The van der Waals surface area contributed by atoms with E-state index in [2.05, 4.69) is 30.2 Å². The van der Waals surface area contributed by atoms with Gasteiger partial charge in [-0.15, -0.1) is 0 Å². The van der Waals surface area contributed by atoms with Gasteiger partial charge in [0.1, 0.15) is 5.69 Å². The summed E-state index contributed by atoms with van der Waals surface area (Å²) in [5.41, 5.74) is 3.43. The lowest BCUT2D eigenvalue weighted by molar-refractivity contribution is -0.0202. The van der Waals surface area contributed by atoms with Crippen LogP contribution in [-0.2, 0) is 13.0 Å². The molecule has 0 radical (unpaired) electrons. The van der Waals surface area contributed by atoms with E-state index >= 15 is 0 Å². The summed E-state index contributed by atoms with van der Waals surface area (Å²) in [4.78, 5) is 24.3. The summed E-state index contributed by atoms with van der Waals surface area (Å²) in [5, 5.41) is 15.6. The molecule has 7 heteroatoms. The van der Waals surface area contributed by atoms with Crippen LogP contribution in [0.25, 0.3) is 10.9 Å². The van der Waals surface area contributed by atoms with Crippen molar-refractivity contribution >= 4 is 33.3 Å². The minimum absolute atomic E-state index is 0.0400. The Hall–Kier alpha value is -2.38. The van der Waals surface area contributed by atoms with Crippen LogP contribution in [-0.4, -0.2) is 44.6 Å². The molecule has 158 valence electrons. The molecule has 1 aromatic carbocycles. The first-order chi connectivity index (χ1) is 14.4. The van der Waals surface area contributed by atoms with Crippen molar-refractivity contribution < 1.29 is 9.90 Å². The first kappa shape index (κ1) is 19.6. The zero-order chi connectivity index (χ0) is 20.9. The van der Waals surface area contributed by atoms with Crippen molar-refractivity contribution in [2.75, 3.05) is 18.4 Å². The van der Waals surface area contributed by atoms with Crippen molar-refractivity contribution in [3.05, 3.63) is 46.1 Å². The minimum Gasteiger partial charge on any atom is -0.388 e. The number of rotatable bonds is 5. The number of nitrogens with one attached hydrogen (secondary N) is 2. The molecule has 2 aliphatic rings. The zero-order valence-corrected chi connectivity index (χ0v) is 18.3. The van der Waals surface area contributed by atoms with E-state index in [1.807, 2.05) is 23.1 Å². The van der Waals surface area contributed by atoms with Crippen LogP contribution in [0.15, 0.2) is 24.3 Å². The van der Waals surface area contributed by atoms with Crippen LogP contribution in [0.1, 0.15) is 65.7 Å². The van der Waals surface area contributed by atoms with Crippen molar-refractivity contribution in [1.82, 2.24) is 14.9 Å². The quantitative estimate of drug-likeness (QED) is 0.571. The summed E-state index contributed by atoms with van der Waals surface area (Å²) in [6.45, 7) is 6.16. The number of aliphatic hydroxyl groups is 1. The lowest BCUT2D eigenvalue weighted by atomic mass is 9.80. The number of hydrogen-bond donors (Lipinski definition) is 3. The number of benzene rings is 1. The van der Waals surface area contributed by atoms with Crippen LogP contribution >= 0.6 is 11.3 Å². The van der Waals surface area contributed by atoms with Gasteiger partial charge < -0.3 is 20.3 Å². The fourth-order valence-electron chi connectivity index (χ4n) is 4.41. The molecule has 0 spiro atoms. The van der Waals surface area contributed by atoms with Crippen molar-refractivity contribution in [2.24, 2.45) is 0 Å². The van der Waals surface area contributed by atoms with Gasteiger partial charge in [0.05, 0.1) is 17.8 Å². The maximum Gasteiger partial charge on any atom is 0.270 e. The highest BCUT2D eigenvalue weighted by Gasteiger charge is 2.34. The van der Waals surface area contributed by atoms with E-state index < -0.39 is 5.60 Å². The van der Waals surface area contributed by atoms with Crippen molar-refractivity contribution in [3.8, 4) is 0 Å². The second-order valence-corrected chi connectivity index (χ2v) is 10.0. The normalized spacial score (nSPS) is 17.8. The van der Waals surface area contributed by atoms with Crippen LogP contribution in [0.4, 0.5) is 5.13 Å². The van der Waals surface area contributed by atoms with Gasteiger partial charge >= 0.3 is 0 Å². The average molecular weight is 425 g/mol. The number of hydrogen-bond acceptors (Lipinski definition) is 5. The lowest BCUT2D eigenvalue weighted by Gasteiger charge is -2.36. The van der Waals surface area contributed by atoms with E-state index in [0.717, 1.165) is 52.3 Å². The second-order valence-electron chi connectivity index (χ2n) is 8.94. The number of amides is 1. The van der Waals surface area contributed by atoms with E-state index in [1.54, 1.807) is 11.3 Å². The highest BCUT2D eigenvalue weighted by Crippen LogP contribution is 2.34. The summed E-state index contributed by atoms with van der Waals surface area (Å²) in [6, 6.07) is 8.21. The third kappa shape index (κ3) is 3.50. The predicted molar refractivity (Wildman–Crippen MR) is 120 cm³/mol. The standard InChI is InChI=1S/C23H28N4O2S/c1-14(2)15-5-3-6-17-16(15)11-19(25-17)21(28)27-10-7-18-20(12-27)30-22(26-18)24-13-23(29)8-4-9-23/h3,5-6,11,14,25,29H,4,7-10,12-13H2,1-2H3,(H,24,26). The number of anilines is 1. The SMILES string of the molecule is CC(C)c1cccc2[nH]c(C(=O)N3CCc4nc(NCC5(O)CCC5)sc4C3)cc12. The number of H-pyrrole nitrogens is 1. The summed E-state index contributed by atoms with van der Waals surface area (Å²) in [5.74, 6) is 0.448. The Morgan fingerprint density at radius 1 is 1.40 bits per heavy atom. The Morgan fingerprint density at radius 2 is 2.23 bits per heavy atom. The van der Waals surface area contributed by atoms with Gasteiger partial charge in [0.2, 0.25) is 0 Å². The molecule has 1 amide bonds. The van der Waals surface area contributed by atoms with E-state index in [1.165, 1.54) is 5.56 Å². The van der Waals surface area contributed by atoms with Gasteiger partial charge in [0.25, 0.3) is 5.91 Å². The van der Waals surface area contributed by atoms with Crippen LogP contribution in [0.3, 0.4) is 0 Å². The Kier molecular flexibility index (Phi) is 4.82. The van der Waals surface area contributed by atoms with Gasteiger partial charge in [-0.05, 0) is 42.9 Å². The lowest BCUT2D eigenvalue weighted by Crippen LogP contribution is -2.43. The average Bonchev–Trinajstić information content (AvgIpc) is 3.32. The molecular formula is C23H28N4O2S. The van der Waals surface area contributed by atoms with Gasteiger partial charge in [-0.25, -0.2) is 4.98 Å². The fourth-order valence-corrected chi connectivity index (χ4v) is 5.43. The Balaban J connectivity index is 1.31. The number of fused-ring (bicyclic) bond motifs is 2. The van der Waals surface area contributed by atoms with Crippen LogP contribution in [0.2, 0.25) is 0 Å². The Morgan fingerprint density at radius 3 is 2.97 bits per heavy atom. The smallest absolute Gasteiger partial charge is 0.270 e. The Bertz CT molecular complexity index is 1100. The topological polar surface area (TPSA) is 81.2 Å². The van der Waals surface area contributed by atoms with Crippen LogP contribution in [0.5, 0.6) is 0 Å². The molecular weight excluding hydrogens is 396 g/mol. The maximum atomic E-state index is 13.2. The summed E-state index contributed by atoms with van der Waals surface area (Å²) in [6.07, 6.45) is 3.57. The maximum absolute atomic E-state index is 13.2. The highest BCUT2D eigenvalue weighted by molar-refractivity contribution is 7.15. The second kappa shape index (κ2) is 7.39. The van der Waals surface area contributed by atoms with E-state index in [9.17, 15) is 9.90 Å². The third-order valence-corrected chi connectivity index (χ3v) is 7.46. The predicted octanol–water partition coefficient (Wildman–Crippen LogP) is 4.27. The number of carbonyl (C=O) groups excluding carboxylic acids is 1. The summed E-state index contributed by atoms with van der Waals surface area (Å²) in [7, 11) is 0. The number of aromatic amines is 1. The van der Waals surface area contributed by atoms with Gasteiger partial charge in [-0.2, -0.15) is 0 Å². The number of nitrogens with zero attached hydrogens (tertiary/aromatic N) is 2. The Labute approximate surface area is 180 Å². The molecule has 0 unspecified atom stereocenters. The minimum atomic E-state index is -0.571. The highest BCUT2D eigenvalue weighted by atomic mass is 32.1. The number of carbonyl (C=O) groups is 1. The summed E-state index contributed by atoms with van der Waals surface area (Å²) < 4.78 is 0. The first-order valence-electron chi connectivity index (χ1n) is 10.8. The van der Waals surface area contributed by atoms with Crippen molar-refractivity contribution in [2.45, 2.75) is 57.6 Å². The first-order valence-corrected chi connectivity index (χ1v) is 11.6. The monoisotopic (exact) mass is 424 g/mol. The van der Waals surface area contributed by atoms with E-state index in [4.69, 9.17) is 4.98 Å². The zero-order valence-electron chi connectivity index (χ0n) is 17.5. The molecule has 2 aromatic heterocycles. The molecule has 0 atom stereocenters. The van der Waals surface area contributed by atoms with E-state index in [0.29, 0.717) is 31.2 Å². The van der Waals surface area contributed by atoms with Crippen molar-refractivity contribution in [3.63, 3.8) is 0 Å². The molecule has 0 bridgehead atoms. The van der Waals surface area contributed by atoms with Gasteiger partial charge in [-0.1, -0.05) is 37.3 Å². The molecule has 3 N–H and O–H groups in total. The molecule has 3 heterocycles. The van der Waals surface area contributed by atoms with Crippen molar-refractivity contribution in [1.29, 1.82) is 0 Å². The molecule has 1 aliphatic carbocycles.